The molecule has 1 aromatic heterocycles. The topological polar surface area (TPSA) is 78.3 Å². The molecule has 1 amide bonds. The zero-order valence-corrected chi connectivity index (χ0v) is 18.8. The Labute approximate surface area is 184 Å². The molecule has 0 atom stereocenters. The summed E-state index contributed by atoms with van der Waals surface area (Å²) >= 11 is 5.03. The first-order valence-electron chi connectivity index (χ1n) is 11.1. The molecule has 166 valence electrons. The van der Waals surface area contributed by atoms with Crippen LogP contribution in [0.4, 0.5) is 4.79 Å². The van der Waals surface area contributed by atoms with Crippen LogP contribution in [0.1, 0.15) is 71.1 Å². The number of carbonyl (C=O) groups excluding carboxylic acids is 1. The number of rotatable bonds is 14. The molecular formula is C22H34N4O3S. The van der Waals surface area contributed by atoms with Gasteiger partial charge in [0.1, 0.15) is 12.1 Å². The highest BCUT2D eigenvalue weighted by molar-refractivity contribution is 7.80. The minimum atomic E-state index is -0.567. The molecule has 8 heteroatoms. The van der Waals surface area contributed by atoms with E-state index in [1.165, 1.54) is 51.4 Å². The van der Waals surface area contributed by atoms with E-state index in [9.17, 15) is 4.79 Å². The molecular weight excluding hydrogens is 400 g/mol. The summed E-state index contributed by atoms with van der Waals surface area (Å²) in [5.41, 5.74) is 1.75. The third kappa shape index (κ3) is 9.52. The van der Waals surface area contributed by atoms with Crippen molar-refractivity contribution < 1.29 is 14.3 Å². The number of fused-ring (bicyclic) bond motifs is 1. The van der Waals surface area contributed by atoms with Gasteiger partial charge >= 0.3 is 6.09 Å². The first-order valence-corrected chi connectivity index (χ1v) is 11.5. The summed E-state index contributed by atoms with van der Waals surface area (Å²) in [7, 11) is 0. The standard InChI is InChI=1S/C22H34N4O3S/c1-2-3-4-5-6-7-8-9-10-13-17-28-21(27)23-22(30)29-18-16-26-20-15-12-11-14-19(20)24-25-26/h11-12,14-15H,2-10,13,16-18H2,1H3,(H,23,27,30). The number of hydrogen-bond acceptors (Lipinski definition) is 6. The quantitative estimate of drug-likeness (QED) is 0.318. The average molecular weight is 435 g/mol. The van der Waals surface area contributed by atoms with Gasteiger partial charge in [-0.2, -0.15) is 0 Å². The van der Waals surface area contributed by atoms with Crippen LogP contribution in [0.2, 0.25) is 0 Å². The normalized spacial score (nSPS) is 10.8. The second-order valence-electron chi connectivity index (χ2n) is 7.38. The van der Waals surface area contributed by atoms with Crippen LogP contribution < -0.4 is 5.32 Å². The molecule has 7 nitrogen and oxygen atoms in total. The zero-order chi connectivity index (χ0) is 21.4. The van der Waals surface area contributed by atoms with Gasteiger partial charge in [-0.05, 0) is 30.8 Å². The summed E-state index contributed by atoms with van der Waals surface area (Å²) in [6.07, 6.45) is 11.8. The minimum absolute atomic E-state index is 0.00694. The molecule has 0 aliphatic rings. The number of nitrogens with zero attached hydrogens (tertiary/aromatic N) is 3. The van der Waals surface area contributed by atoms with Crippen LogP contribution in [0.15, 0.2) is 24.3 Å². The van der Waals surface area contributed by atoms with Gasteiger partial charge in [-0.3, -0.25) is 5.32 Å². The summed E-state index contributed by atoms with van der Waals surface area (Å²) in [4.78, 5) is 11.8. The van der Waals surface area contributed by atoms with Crippen molar-refractivity contribution >= 4 is 34.5 Å². The Balaban J connectivity index is 1.45. The Bertz CT molecular complexity index is 766. The van der Waals surface area contributed by atoms with E-state index >= 15 is 0 Å². The number of nitrogens with one attached hydrogen (secondary N) is 1. The summed E-state index contributed by atoms with van der Waals surface area (Å²) < 4.78 is 12.3. The summed E-state index contributed by atoms with van der Waals surface area (Å²) in [5.74, 6) is 0. The average Bonchev–Trinajstić information content (AvgIpc) is 3.15. The smallest absolute Gasteiger partial charge is 0.414 e. The van der Waals surface area contributed by atoms with E-state index < -0.39 is 6.09 Å². The molecule has 1 heterocycles. The van der Waals surface area contributed by atoms with E-state index in [0.717, 1.165) is 23.9 Å². The van der Waals surface area contributed by atoms with Crippen LogP contribution in [0.3, 0.4) is 0 Å². The van der Waals surface area contributed by atoms with E-state index in [0.29, 0.717) is 13.2 Å². The molecule has 0 saturated heterocycles. The third-order valence-corrected chi connectivity index (χ3v) is 5.11. The van der Waals surface area contributed by atoms with Gasteiger partial charge in [0.25, 0.3) is 5.17 Å². The molecule has 2 rings (SSSR count). The van der Waals surface area contributed by atoms with Crippen molar-refractivity contribution in [3.05, 3.63) is 24.3 Å². The highest BCUT2D eigenvalue weighted by atomic mass is 32.1. The molecule has 2 aromatic rings. The molecule has 0 bridgehead atoms. The van der Waals surface area contributed by atoms with Crippen molar-refractivity contribution in [1.82, 2.24) is 20.3 Å². The van der Waals surface area contributed by atoms with Crippen LogP contribution in [-0.4, -0.2) is 39.5 Å². The molecule has 1 aromatic carbocycles. The van der Waals surface area contributed by atoms with Crippen LogP contribution >= 0.6 is 12.2 Å². The summed E-state index contributed by atoms with van der Waals surface area (Å²) in [6, 6.07) is 7.69. The SMILES string of the molecule is CCCCCCCCCCCCOC(=O)NC(=S)OCCn1nnc2ccccc21. The van der Waals surface area contributed by atoms with Crippen LogP contribution in [0.5, 0.6) is 0 Å². The van der Waals surface area contributed by atoms with Crippen LogP contribution in [0.25, 0.3) is 11.0 Å². The molecule has 0 aliphatic heterocycles. The number of carbonyl (C=O) groups is 1. The number of alkyl carbamates (subject to hydrolysis) is 1. The lowest BCUT2D eigenvalue weighted by molar-refractivity contribution is 0.146. The predicted molar refractivity (Wildman–Crippen MR) is 122 cm³/mol. The maximum atomic E-state index is 11.8. The molecule has 0 radical (unpaired) electrons. The zero-order valence-electron chi connectivity index (χ0n) is 18.0. The third-order valence-electron chi connectivity index (χ3n) is 4.89. The maximum absolute atomic E-state index is 11.8. The van der Waals surface area contributed by atoms with Gasteiger partial charge < -0.3 is 9.47 Å². The Morgan fingerprint density at radius 3 is 2.37 bits per heavy atom. The second-order valence-corrected chi connectivity index (χ2v) is 7.75. The van der Waals surface area contributed by atoms with Gasteiger partial charge in [-0.15, -0.1) is 5.10 Å². The van der Waals surface area contributed by atoms with E-state index in [1.54, 1.807) is 4.68 Å². The lowest BCUT2D eigenvalue weighted by atomic mass is 10.1. The fraction of sp³-hybridized carbons (Fsp3) is 0.636. The number of hydrogen-bond donors (Lipinski definition) is 1. The van der Waals surface area contributed by atoms with Gasteiger partial charge in [0.15, 0.2) is 0 Å². The maximum Gasteiger partial charge on any atom is 0.414 e. The van der Waals surface area contributed by atoms with Gasteiger partial charge in [0, 0.05) is 0 Å². The van der Waals surface area contributed by atoms with E-state index in [1.807, 2.05) is 24.3 Å². The molecule has 0 unspecified atom stereocenters. The number of amides is 1. The number of benzene rings is 1. The van der Waals surface area contributed by atoms with Crippen molar-refractivity contribution in [3.8, 4) is 0 Å². The number of ether oxygens (including phenoxy) is 2. The van der Waals surface area contributed by atoms with E-state index in [4.69, 9.17) is 21.7 Å². The first kappa shape index (κ1) is 24.1. The van der Waals surface area contributed by atoms with Gasteiger partial charge in [0.2, 0.25) is 0 Å². The molecule has 0 aliphatic carbocycles. The second kappa shape index (κ2) is 14.7. The van der Waals surface area contributed by atoms with Crippen LogP contribution in [0, 0.1) is 0 Å². The fourth-order valence-electron chi connectivity index (χ4n) is 3.22. The Morgan fingerprint density at radius 2 is 1.63 bits per heavy atom. The van der Waals surface area contributed by atoms with Crippen molar-refractivity contribution in [2.24, 2.45) is 0 Å². The van der Waals surface area contributed by atoms with Crippen molar-refractivity contribution in [3.63, 3.8) is 0 Å². The number of aromatic nitrogens is 3. The lowest BCUT2D eigenvalue weighted by Gasteiger charge is -2.09. The highest BCUT2D eigenvalue weighted by Gasteiger charge is 2.08. The summed E-state index contributed by atoms with van der Waals surface area (Å²) in [5, 5.41) is 10.6. The number of thiocarbonyl (C=S) groups is 1. The van der Waals surface area contributed by atoms with Gasteiger partial charge in [0.05, 0.1) is 18.7 Å². The molecule has 0 spiro atoms. The Kier molecular flexibility index (Phi) is 11.8. The van der Waals surface area contributed by atoms with E-state index in [2.05, 4.69) is 22.6 Å². The minimum Gasteiger partial charge on any atom is -0.469 e. The Hall–Kier alpha value is -2.22. The molecule has 0 fully saturated rings. The van der Waals surface area contributed by atoms with Crippen molar-refractivity contribution in [1.29, 1.82) is 0 Å². The summed E-state index contributed by atoms with van der Waals surface area (Å²) in [6.45, 7) is 3.40. The largest absolute Gasteiger partial charge is 0.469 e. The molecule has 1 N–H and O–H groups in total. The fourth-order valence-corrected chi connectivity index (χ4v) is 3.38. The first-order chi connectivity index (χ1) is 14.7. The lowest BCUT2D eigenvalue weighted by Crippen LogP contribution is -2.32. The molecule has 30 heavy (non-hydrogen) atoms. The highest BCUT2D eigenvalue weighted by Crippen LogP contribution is 2.11. The van der Waals surface area contributed by atoms with Crippen LogP contribution in [-0.2, 0) is 16.0 Å². The molecule has 0 saturated carbocycles. The van der Waals surface area contributed by atoms with Crippen molar-refractivity contribution in [2.45, 2.75) is 77.7 Å². The monoisotopic (exact) mass is 434 g/mol. The van der Waals surface area contributed by atoms with E-state index in [-0.39, 0.29) is 11.8 Å². The van der Waals surface area contributed by atoms with Gasteiger partial charge in [-0.25, -0.2) is 9.48 Å². The van der Waals surface area contributed by atoms with Gasteiger partial charge in [-0.1, -0.05) is 82.1 Å². The van der Waals surface area contributed by atoms with Crippen molar-refractivity contribution in [2.75, 3.05) is 13.2 Å². The Morgan fingerprint density at radius 1 is 0.967 bits per heavy atom. The predicted octanol–water partition coefficient (Wildman–Crippen LogP) is 5.38. The number of unbranched alkanes of at least 4 members (excludes halogenated alkanes) is 9. The number of para-hydroxylation sites is 1.